The molecule has 1 aromatic carbocycles. The van der Waals surface area contributed by atoms with Crippen LogP contribution in [0.3, 0.4) is 0 Å². The van der Waals surface area contributed by atoms with Gasteiger partial charge in [0.2, 0.25) is 0 Å². The van der Waals surface area contributed by atoms with Gasteiger partial charge in [-0.25, -0.2) is 4.98 Å². The number of alkyl halides is 3. The lowest BCUT2D eigenvalue weighted by Crippen LogP contribution is -2.28. The number of ether oxygens (including phenoxy) is 1. The minimum Gasteiger partial charge on any atom is -0.497 e. The van der Waals surface area contributed by atoms with Crippen LogP contribution in [0.5, 0.6) is 5.75 Å². The van der Waals surface area contributed by atoms with Gasteiger partial charge in [-0.1, -0.05) is 12.1 Å². The van der Waals surface area contributed by atoms with Crippen molar-refractivity contribution >= 4 is 27.5 Å². The third-order valence-corrected chi connectivity index (χ3v) is 6.54. The molecule has 3 heterocycles. The predicted octanol–water partition coefficient (Wildman–Crippen LogP) is 5.26. The first-order chi connectivity index (χ1) is 13.8. The number of pyridine rings is 1. The molecule has 29 heavy (non-hydrogen) atoms. The van der Waals surface area contributed by atoms with Gasteiger partial charge in [0, 0.05) is 24.4 Å². The fourth-order valence-electron chi connectivity index (χ4n) is 3.70. The zero-order chi connectivity index (χ0) is 20.8. The van der Waals surface area contributed by atoms with Crippen molar-refractivity contribution in [2.24, 2.45) is 0 Å². The fourth-order valence-corrected chi connectivity index (χ4v) is 4.85. The molecule has 4 nitrogen and oxygen atoms in total. The van der Waals surface area contributed by atoms with E-state index in [0.29, 0.717) is 28.9 Å². The molecule has 0 radical (unpaired) electrons. The summed E-state index contributed by atoms with van der Waals surface area (Å²) in [7, 11) is 1.62. The van der Waals surface area contributed by atoms with Crippen LogP contribution in [0.1, 0.15) is 38.8 Å². The Balaban J connectivity index is 1.56. The first-order valence-electron chi connectivity index (χ1n) is 9.18. The summed E-state index contributed by atoms with van der Waals surface area (Å²) in [6, 6.07) is 10.2. The Morgan fingerprint density at radius 2 is 1.93 bits per heavy atom. The van der Waals surface area contributed by atoms with Gasteiger partial charge in [-0.05, 0) is 48.7 Å². The van der Waals surface area contributed by atoms with Crippen LogP contribution in [0.4, 0.5) is 13.2 Å². The Morgan fingerprint density at radius 1 is 1.21 bits per heavy atom. The van der Waals surface area contributed by atoms with Crippen molar-refractivity contribution in [2.75, 3.05) is 20.2 Å². The van der Waals surface area contributed by atoms with Crippen molar-refractivity contribution < 1.29 is 22.7 Å². The summed E-state index contributed by atoms with van der Waals surface area (Å²) in [5.74, 6) is 0.871. The molecule has 0 saturated carbocycles. The second kappa shape index (κ2) is 7.33. The van der Waals surface area contributed by atoms with E-state index in [1.54, 1.807) is 18.9 Å². The molecule has 152 valence electrons. The van der Waals surface area contributed by atoms with Gasteiger partial charge in [0.25, 0.3) is 5.91 Å². The number of likely N-dealkylation sites (tertiary alicyclic amines) is 1. The first kappa shape index (κ1) is 19.7. The Bertz CT molecular complexity index is 1060. The molecule has 1 fully saturated rings. The van der Waals surface area contributed by atoms with Crippen LogP contribution >= 0.6 is 11.3 Å². The van der Waals surface area contributed by atoms with Crippen LogP contribution in [0.25, 0.3) is 10.2 Å². The van der Waals surface area contributed by atoms with Gasteiger partial charge in [0.15, 0.2) is 0 Å². The molecule has 3 aromatic rings. The summed E-state index contributed by atoms with van der Waals surface area (Å²) in [6.07, 6.45) is -3.66. The van der Waals surface area contributed by atoms with Crippen LogP contribution < -0.4 is 4.74 Å². The monoisotopic (exact) mass is 420 g/mol. The van der Waals surface area contributed by atoms with E-state index in [-0.39, 0.29) is 16.7 Å². The molecule has 0 N–H and O–H groups in total. The molecule has 1 saturated heterocycles. The lowest BCUT2D eigenvalue weighted by molar-refractivity contribution is -0.140. The molecule has 0 aliphatic carbocycles. The normalized spacial score (nSPS) is 17.1. The van der Waals surface area contributed by atoms with E-state index in [2.05, 4.69) is 4.98 Å². The number of hydrogen-bond donors (Lipinski definition) is 0. The number of amides is 1. The van der Waals surface area contributed by atoms with Gasteiger partial charge in [0.1, 0.15) is 16.3 Å². The molecular formula is C21H19F3N2O2S. The Morgan fingerprint density at radius 3 is 2.59 bits per heavy atom. The Kier molecular flexibility index (Phi) is 4.98. The number of fused-ring (bicyclic) bond motifs is 1. The Labute approximate surface area is 169 Å². The highest BCUT2D eigenvalue weighted by Crippen LogP contribution is 2.36. The number of methoxy groups -OCH3 is 1. The summed E-state index contributed by atoms with van der Waals surface area (Å²) in [5.41, 5.74) is 0.890. The third kappa shape index (κ3) is 3.69. The summed E-state index contributed by atoms with van der Waals surface area (Å²) in [6.45, 7) is 2.96. The lowest BCUT2D eigenvalue weighted by Gasteiger charge is -2.16. The van der Waals surface area contributed by atoms with Gasteiger partial charge in [0.05, 0.1) is 12.0 Å². The number of halogens is 3. The number of aromatic nitrogens is 1. The zero-order valence-electron chi connectivity index (χ0n) is 15.9. The number of benzene rings is 1. The molecule has 8 heteroatoms. The number of carbonyl (C=O) groups is 1. The maximum Gasteiger partial charge on any atom is 0.433 e. The van der Waals surface area contributed by atoms with Crippen molar-refractivity contribution in [3.8, 4) is 5.75 Å². The standard InChI is InChI=1S/C21H19F3N2O2S/c1-12-16-7-8-17(21(22,23)24)25-19(16)29-18(12)20(27)26-10-9-14(11-26)13-3-5-15(28-2)6-4-13/h3-8,14H,9-11H2,1-2H3. The van der Waals surface area contributed by atoms with Crippen LogP contribution in [-0.4, -0.2) is 36.0 Å². The average Bonchev–Trinajstić information content (AvgIpc) is 3.32. The molecule has 0 bridgehead atoms. The van der Waals surface area contributed by atoms with Crippen LogP contribution in [0, 0.1) is 6.92 Å². The minimum atomic E-state index is -4.50. The van der Waals surface area contributed by atoms with E-state index in [1.165, 1.54) is 6.07 Å². The van der Waals surface area contributed by atoms with Gasteiger partial charge in [-0.2, -0.15) is 13.2 Å². The quantitative estimate of drug-likeness (QED) is 0.580. The second-order valence-corrected chi connectivity index (χ2v) is 8.11. The number of nitrogens with zero attached hydrogens (tertiary/aromatic N) is 2. The van der Waals surface area contributed by atoms with Crippen LogP contribution in [0.2, 0.25) is 0 Å². The molecule has 4 rings (SSSR count). The predicted molar refractivity (Wildman–Crippen MR) is 106 cm³/mol. The zero-order valence-corrected chi connectivity index (χ0v) is 16.7. The summed E-state index contributed by atoms with van der Waals surface area (Å²) in [4.78, 5) is 19.3. The lowest BCUT2D eigenvalue weighted by atomic mass is 9.98. The van der Waals surface area contributed by atoms with Gasteiger partial charge < -0.3 is 9.64 Å². The highest BCUT2D eigenvalue weighted by Gasteiger charge is 2.34. The van der Waals surface area contributed by atoms with E-state index in [4.69, 9.17) is 4.74 Å². The summed E-state index contributed by atoms with van der Waals surface area (Å²) in [5, 5.41) is 0.595. The van der Waals surface area contributed by atoms with E-state index in [1.807, 2.05) is 24.3 Å². The largest absolute Gasteiger partial charge is 0.497 e. The fraction of sp³-hybridized carbons (Fsp3) is 0.333. The van der Waals surface area contributed by atoms with Crippen molar-refractivity contribution in [2.45, 2.75) is 25.4 Å². The number of carbonyl (C=O) groups excluding carboxylic acids is 1. The molecule has 1 atom stereocenters. The Hall–Kier alpha value is -2.61. The molecule has 1 amide bonds. The van der Waals surface area contributed by atoms with Crippen LogP contribution in [-0.2, 0) is 6.18 Å². The number of thiophene rings is 1. The summed E-state index contributed by atoms with van der Waals surface area (Å²) < 4.78 is 44.0. The van der Waals surface area contributed by atoms with Gasteiger partial charge in [-0.3, -0.25) is 4.79 Å². The number of aryl methyl sites for hydroxylation is 1. The van der Waals surface area contributed by atoms with Gasteiger partial charge in [-0.15, -0.1) is 11.3 Å². The number of hydrogen-bond acceptors (Lipinski definition) is 4. The van der Waals surface area contributed by atoms with E-state index < -0.39 is 11.9 Å². The highest BCUT2D eigenvalue weighted by atomic mass is 32.1. The van der Waals surface area contributed by atoms with Crippen molar-refractivity contribution in [1.29, 1.82) is 0 Å². The van der Waals surface area contributed by atoms with Crippen LogP contribution in [0.15, 0.2) is 36.4 Å². The van der Waals surface area contributed by atoms with E-state index >= 15 is 0 Å². The van der Waals surface area contributed by atoms with Crippen molar-refractivity contribution in [1.82, 2.24) is 9.88 Å². The second-order valence-electron chi connectivity index (χ2n) is 7.11. The van der Waals surface area contributed by atoms with E-state index in [0.717, 1.165) is 35.1 Å². The first-order valence-corrected chi connectivity index (χ1v) is 10.00. The molecule has 2 aromatic heterocycles. The highest BCUT2D eigenvalue weighted by molar-refractivity contribution is 7.20. The van der Waals surface area contributed by atoms with E-state index in [9.17, 15) is 18.0 Å². The topological polar surface area (TPSA) is 42.4 Å². The SMILES string of the molecule is COc1ccc(C2CCN(C(=O)c3sc4nc(C(F)(F)F)ccc4c3C)C2)cc1. The van der Waals surface area contributed by atoms with Gasteiger partial charge >= 0.3 is 6.18 Å². The third-order valence-electron chi connectivity index (χ3n) is 5.35. The number of rotatable bonds is 3. The molecular weight excluding hydrogens is 401 g/mol. The minimum absolute atomic E-state index is 0.143. The average molecular weight is 420 g/mol. The smallest absolute Gasteiger partial charge is 0.433 e. The molecule has 1 aliphatic heterocycles. The molecule has 1 unspecified atom stereocenters. The summed E-state index contributed by atoms with van der Waals surface area (Å²) >= 11 is 1.03. The molecule has 0 spiro atoms. The molecule has 1 aliphatic rings. The maximum absolute atomic E-state index is 13.1. The maximum atomic E-state index is 13.1. The van der Waals surface area contributed by atoms with Crippen molar-refractivity contribution in [3.05, 3.63) is 58.1 Å². The van der Waals surface area contributed by atoms with Crippen molar-refractivity contribution in [3.63, 3.8) is 0 Å².